The smallest absolute Gasteiger partial charge is 0.422 e. The summed E-state index contributed by atoms with van der Waals surface area (Å²) in [5.41, 5.74) is -0.719. The van der Waals surface area contributed by atoms with E-state index in [0.29, 0.717) is 26.2 Å². The molecule has 1 heterocycles. The van der Waals surface area contributed by atoms with Gasteiger partial charge in [-0.25, -0.2) is 9.52 Å². The Morgan fingerprint density at radius 2 is 1.82 bits per heavy atom. The number of nitrogens with one attached hydrogen (secondary N) is 2. The van der Waals surface area contributed by atoms with E-state index in [1.165, 1.54) is 4.31 Å². The number of nitrogens with zero attached hydrogens (tertiary/aromatic N) is 1. The van der Waals surface area contributed by atoms with Gasteiger partial charge in [-0.2, -0.15) is 12.7 Å². The molecule has 1 amide bonds. The zero-order valence-corrected chi connectivity index (χ0v) is 11.1. The molecule has 0 spiro atoms. The Balaban J connectivity index is 2.57. The fraction of sp³-hybridized carbons (Fsp3) is 0.889. The van der Waals surface area contributed by atoms with Crippen LogP contribution in [0.2, 0.25) is 0 Å². The monoisotopic (exact) mass is 265 g/mol. The van der Waals surface area contributed by atoms with Crippen LogP contribution < -0.4 is 10.0 Å². The molecule has 0 bridgehead atoms. The lowest BCUT2D eigenvalue weighted by Crippen LogP contribution is -2.52. The molecule has 0 aromatic carbocycles. The molecule has 100 valence electrons. The molecule has 1 rings (SSSR count). The Morgan fingerprint density at radius 3 is 2.29 bits per heavy atom. The average molecular weight is 265 g/mol. The van der Waals surface area contributed by atoms with E-state index in [-0.39, 0.29) is 0 Å². The van der Waals surface area contributed by atoms with Crippen molar-refractivity contribution in [1.82, 2.24) is 14.3 Å². The summed E-state index contributed by atoms with van der Waals surface area (Å²) >= 11 is 0. The third-order valence-electron chi connectivity index (χ3n) is 2.03. The van der Waals surface area contributed by atoms with E-state index in [0.717, 1.165) is 0 Å². The SMILES string of the molecule is CC(C)(C)OC(=O)NS(=O)(=O)N1CCNCC1. The molecule has 0 saturated carbocycles. The average Bonchev–Trinajstić information content (AvgIpc) is 2.15. The summed E-state index contributed by atoms with van der Waals surface area (Å²) in [4.78, 5) is 11.4. The zero-order chi connectivity index (χ0) is 13.1. The number of ether oxygens (including phenoxy) is 1. The number of carbonyl (C=O) groups excluding carboxylic acids is 1. The van der Waals surface area contributed by atoms with Crippen molar-refractivity contribution >= 4 is 16.3 Å². The first-order valence-corrected chi connectivity index (χ1v) is 6.86. The van der Waals surface area contributed by atoms with Crippen molar-refractivity contribution in [3.63, 3.8) is 0 Å². The van der Waals surface area contributed by atoms with Crippen LogP contribution in [-0.4, -0.2) is 50.6 Å². The van der Waals surface area contributed by atoms with Crippen molar-refractivity contribution in [3.05, 3.63) is 0 Å². The van der Waals surface area contributed by atoms with E-state index in [2.05, 4.69) is 5.32 Å². The van der Waals surface area contributed by atoms with Crippen molar-refractivity contribution < 1.29 is 17.9 Å². The van der Waals surface area contributed by atoms with Gasteiger partial charge in [-0.05, 0) is 20.8 Å². The molecule has 1 aliphatic rings. The summed E-state index contributed by atoms with van der Waals surface area (Å²) in [5, 5.41) is 3.03. The minimum atomic E-state index is -3.79. The Hall–Kier alpha value is -0.860. The molecular formula is C9H19N3O4S. The molecular weight excluding hydrogens is 246 g/mol. The van der Waals surface area contributed by atoms with Gasteiger partial charge in [0.15, 0.2) is 0 Å². The highest BCUT2D eigenvalue weighted by molar-refractivity contribution is 7.87. The van der Waals surface area contributed by atoms with Crippen molar-refractivity contribution in [1.29, 1.82) is 0 Å². The lowest BCUT2D eigenvalue weighted by atomic mass is 10.2. The van der Waals surface area contributed by atoms with Crippen LogP contribution in [0.4, 0.5) is 4.79 Å². The predicted molar refractivity (Wildman–Crippen MR) is 62.7 cm³/mol. The molecule has 17 heavy (non-hydrogen) atoms. The van der Waals surface area contributed by atoms with E-state index in [4.69, 9.17) is 4.74 Å². The predicted octanol–water partition coefficient (Wildman–Crippen LogP) is -0.339. The van der Waals surface area contributed by atoms with Crippen LogP contribution in [0.1, 0.15) is 20.8 Å². The maximum Gasteiger partial charge on any atom is 0.422 e. The first kappa shape index (κ1) is 14.2. The maximum atomic E-state index is 11.8. The molecule has 0 aromatic heterocycles. The second kappa shape index (κ2) is 5.19. The Bertz CT molecular complexity index is 368. The molecule has 7 nitrogen and oxygen atoms in total. The standard InChI is InChI=1S/C9H19N3O4S/c1-9(2,3)16-8(13)11-17(14,15)12-6-4-10-5-7-12/h10H,4-7H2,1-3H3,(H,11,13). The summed E-state index contributed by atoms with van der Waals surface area (Å²) in [6.07, 6.45) is -0.948. The lowest BCUT2D eigenvalue weighted by Gasteiger charge is -2.27. The highest BCUT2D eigenvalue weighted by atomic mass is 32.2. The third kappa shape index (κ3) is 4.88. The van der Waals surface area contributed by atoms with Gasteiger partial charge in [0.2, 0.25) is 0 Å². The lowest BCUT2D eigenvalue weighted by molar-refractivity contribution is 0.0566. The van der Waals surface area contributed by atoms with Crippen LogP contribution in [0, 0.1) is 0 Å². The summed E-state index contributed by atoms with van der Waals surface area (Å²) in [5.74, 6) is 0. The van der Waals surface area contributed by atoms with E-state index < -0.39 is 21.9 Å². The summed E-state index contributed by atoms with van der Waals surface area (Å²) in [7, 11) is -3.79. The van der Waals surface area contributed by atoms with E-state index in [1.807, 2.05) is 4.72 Å². The molecule has 8 heteroatoms. The van der Waals surface area contributed by atoms with Gasteiger partial charge in [-0.15, -0.1) is 0 Å². The topological polar surface area (TPSA) is 87.7 Å². The molecule has 1 fully saturated rings. The van der Waals surface area contributed by atoms with Gasteiger partial charge in [-0.3, -0.25) is 0 Å². The zero-order valence-electron chi connectivity index (χ0n) is 10.3. The highest BCUT2D eigenvalue weighted by Gasteiger charge is 2.27. The number of piperazine rings is 1. The van der Waals surface area contributed by atoms with Crippen LogP contribution in [0.15, 0.2) is 0 Å². The molecule has 0 unspecified atom stereocenters. The quantitative estimate of drug-likeness (QED) is 0.713. The van der Waals surface area contributed by atoms with E-state index in [1.54, 1.807) is 20.8 Å². The number of amides is 1. The Morgan fingerprint density at radius 1 is 1.29 bits per heavy atom. The van der Waals surface area contributed by atoms with Crippen molar-refractivity contribution in [2.75, 3.05) is 26.2 Å². The molecule has 0 aliphatic carbocycles. The van der Waals surface area contributed by atoms with Crippen LogP contribution in [0.5, 0.6) is 0 Å². The highest BCUT2D eigenvalue weighted by Crippen LogP contribution is 2.08. The minimum absolute atomic E-state index is 0.345. The fourth-order valence-corrected chi connectivity index (χ4v) is 2.40. The minimum Gasteiger partial charge on any atom is -0.443 e. The first-order chi connectivity index (χ1) is 7.71. The van der Waals surface area contributed by atoms with Crippen LogP contribution in [0.3, 0.4) is 0 Å². The number of hydrogen-bond acceptors (Lipinski definition) is 5. The molecule has 0 aromatic rings. The number of rotatable bonds is 2. The molecule has 0 radical (unpaired) electrons. The largest absolute Gasteiger partial charge is 0.443 e. The normalized spacial score (nSPS) is 18.8. The van der Waals surface area contributed by atoms with Crippen molar-refractivity contribution in [2.45, 2.75) is 26.4 Å². The molecule has 1 aliphatic heterocycles. The summed E-state index contributed by atoms with van der Waals surface area (Å²) < 4.78 is 31.5. The van der Waals surface area contributed by atoms with Gasteiger partial charge in [0, 0.05) is 26.2 Å². The molecule has 0 atom stereocenters. The Kier molecular flexibility index (Phi) is 4.34. The first-order valence-electron chi connectivity index (χ1n) is 5.42. The van der Waals surface area contributed by atoms with E-state index >= 15 is 0 Å². The summed E-state index contributed by atoms with van der Waals surface area (Å²) in [6, 6.07) is 0. The van der Waals surface area contributed by atoms with Gasteiger partial charge in [-0.1, -0.05) is 0 Å². The van der Waals surface area contributed by atoms with Crippen LogP contribution in [-0.2, 0) is 14.9 Å². The van der Waals surface area contributed by atoms with Gasteiger partial charge >= 0.3 is 16.3 Å². The summed E-state index contributed by atoms with van der Waals surface area (Å²) in [6.45, 7) is 6.86. The number of hydrogen-bond donors (Lipinski definition) is 2. The second-order valence-electron chi connectivity index (χ2n) is 4.76. The Labute approximate surface area is 102 Å². The molecule has 1 saturated heterocycles. The van der Waals surface area contributed by atoms with Gasteiger partial charge in [0.25, 0.3) is 0 Å². The second-order valence-corrected chi connectivity index (χ2v) is 6.43. The van der Waals surface area contributed by atoms with Gasteiger partial charge in [0.05, 0.1) is 0 Å². The van der Waals surface area contributed by atoms with E-state index in [9.17, 15) is 13.2 Å². The van der Waals surface area contributed by atoms with Gasteiger partial charge < -0.3 is 10.1 Å². The molecule has 2 N–H and O–H groups in total. The van der Waals surface area contributed by atoms with Crippen molar-refractivity contribution in [3.8, 4) is 0 Å². The maximum absolute atomic E-state index is 11.8. The van der Waals surface area contributed by atoms with Crippen molar-refractivity contribution in [2.24, 2.45) is 0 Å². The number of carbonyl (C=O) groups is 1. The third-order valence-corrected chi connectivity index (χ3v) is 3.50. The van der Waals surface area contributed by atoms with Crippen LogP contribution >= 0.6 is 0 Å². The fourth-order valence-electron chi connectivity index (χ4n) is 1.35. The van der Waals surface area contributed by atoms with Gasteiger partial charge in [0.1, 0.15) is 5.60 Å². The van der Waals surface area contributed by atoms with Crippen LogP contribution in [0.25, 0.3) is 0 Å².